The van der Waals surface area contributed by atoms with E-state index < -0.39 is 0 Å². The van der Waals surface area contributed by atoms with Gasteiger partial charge in [-0.25, -0.2) is 0 Å². The van der Waals surface area contributed by atoms with Crippen LogP contribution >= 0.6 is 0 Å². The van der Waals surface area contributed by atoms with Crippen molar-refractivity contribution in [3.8, 4) is 0 Å². The van der Waals surface area contributed by atoms with Crippen molar-refractivity contribution in [3.63, 3.8) is 0 Å². The summed E-state index contributed by atoms with van der Waals surface area (Å²) in [5.74, 6) is 0.646. The molecule has 2 aliphatic rings. The van der Waals surface area contributed by atoms with E-state index >= 15 is 0 Å². The Labute approximate surface area is 110 Å². The second kappa shape index (κ2) is 4.42. The van der Waals surface area contributed by atoms with Gasteiger partial charge in [0, 0.05) is 11.3 Å². The van der Waals surface area contributed by atoms with Gasteiger partial charge in [0.1, 0.15) is 0 Å². The van der Waals surface area contributed by atoms with Gasteiger partial charge in [-0.2, -0.15) is 0 Å². The van der Waals surface area contributed by atoms with Crippen LogP contribution in [0.5, 0.6) is 0 Å². The van der Waals surface area contributed by atoms with Gasteiger partial charge >= 0.3 is 0 Å². The second-order valence-corrected chi connectivity index (χ2v) is 5.86. The number of benzene rings is 1. The molecule has 1 aromatic rings. The van der Waals surface area contributed by atoms with Crippen LogP contribution in [-0.2, 0) is 5.41 Å². The number of allylic oxidation sites excluding steroid dienone is 4. The van der Waals surface area contributed by atoms with Crippen LogP contribution in [0.2, 0.25) is 0 Å². The van der Waals surface area contributed by atoms with Crippen molar-refractivity contribution in [1.29, 1.82) is 0 Å². The lowest BCUT2D eigenvalue weighted by atomic mass is 9.74. The highest BCUT2D eigenvalue weighted by molar-refractivity contribution is 5.56. The summed E-state index contributed by atoms with van der Waals surface area (Å²) in [6.07, 6.45) is 12.0. The Morgan fingerprint density at radius 3 is 2.94 bits per heavy atom. The van der Waals surface area contributed by atoms with Gasteiger partial charge in [0.05, 0.1) is 0 Å². The predicted molar refractivity (Wildman–Crippen MR) is 77.9 cm³/mol. The summed E-state index contributed by atoms with van der Waals surface area (Å²) < 4.78 is 0. The van der Waals surface area contributed by atoms with E-state index in [2.05, 4.69) is 56.3 Å². The smallest absolute Gasteiger partial charge is 0.0146 e. The monoisotopic (exact) mass is 238 g/mol. The third-order valence-corrected chi connectivity index (χ3v) is 4.76. The first kappa shape index (κ1) is 11.8. The minimum absolute atomic E-state index is 0.280. The summed E-state index contributed by atoms with van der Waals surface area (Å²) in [5.41, 5.74) is 5.09. The molecule has 0 saturated carbocycles. The Kier molecular flexibility index (Phi) is 2.89. The summed E-state index contributed by atoms with van der Waals surface area (Å²) in [6, 6.07) is 9.09. The van der Waals surface area contributed by atoms with Gasteiger partial charge in [0.2, 0.25) is 0 Å². The largest absolute Gasteiger partial charge is 0.0836 e. The van der Waals surface area contributed by atoms with Crippen LogP contribution in [0.25, 0.3) is 0 Å². The molecule has 0 fully saturated rings. The van der Waals surface area contributed by atoms with Crippen molar-refractivity contribution in [2.45, 2.75) is 50.9 Å². The molecule has 0 aliphatic heterocycles. The summed E-state index contributed by atoms with van der Waals surface area (Å²) in [7, 11) is 0. The molecule has 1 aromatic carbocycles. The maximum absolute atomic E-state index is 2.45. The van der Waals surface area contributed by atoms with E-state index in [0.717, 1.165) is 0 Å². The highest BCUT2D eigenvalue weighted by atomic mass is 14.5. The van der Waals surface area contributed by atoms with Gasteiger partial charge in [0.25, 0.3) is 0 Å². The minimum atomic E-state index is 0.280. The molecule has 0 N–H and O–H groups in total. The zero-order valence-corrected chi connectivity index (χ0v) is 11.4. The van der Waals surface area contributed by atoms with Crippen molar-refractivity contribution in [1.82, 2.24) is 0 Å². The number of fused-ring (bicyclic) bond motifs is 3. The van der Waals surface area contributed by atoms with Crippen molar-refractivity contribution in [2.24, 2.45) is 0 Å². The fourth-order valence-corrected chi connectivity index (χ4v) is 3.76. The highest BCUT2D eigenvalue weighted by Crippen LogP contribution is 2.54. The maximum atomic E-state index is 2.45. The third kappa shape index (κ3) is 1.59. The molecular formula is C18H22. The molecule has 0 spiro atoms. The van der Waals surface area contributed by atoms with Crippen LogP contribution in [0, 0.1) is 0 Å². The minimum Gasteiger partial charge on any atom is -0.0836 e. The average Bonchev–Trinajstić information content (AvgIpc) is 2.69. The quantitative estimate of drug-likeness (QED) is 0.685. The summed E-state index contributed by atoms with van der Waals surface area (Å²) in [5, 5.41) is 0. The lowest BCUT2D eigenvalue weighted by Gasteiger charge is -2.30. The Balaban J connectivity index is 2.10. The van der Waals surface area contributed by atoms with E-state index in [9.17, 15) is 0 Å². The van der Waals surface area contributed by atoms with Gasteiger partial charge in [-0.1, -0.05) is 74.8 Å². The Bertz CT molecular complexity index is 507. The zero-order chi connectivity index (χ0) is 12.6. The molecule has 18 heavy (non-hydrogen) atoms. The summed E-state index contributed by atoms with van der Waals surface area (Å²) >= 11 is 0. The fourth-order valence-electron chi connectivity index (χ4n) is 3.76. The van der Waals surface area contributed by atoms with Crippen LogP contribution in [0.4, 0.5) is 0 Å². The summed E-state index contributed by atoms with van der Waals surface area (Å²) in [6.45, 7) is 4.74. The van der Waals surface area contributed by atoms with Crippen molar-refractivity contribution in [2.75, 3.05) is 0 Å². The van der Waals surface area contributed by atoms with E-state index in [-0.39, 0.29) is 5.41 Å². The number of hydrogen-bond donors (Lipinski definition) is 0. The molecule has 2 aliphatic carbocycles. The number of unbranched alkanes of at least 4 members (excludes halogenated alkanes) is 1. The van der Waals surface area contributed by atoms with Crippen molar-refractivity contribution in [3.05, 3.63) is 59.2 Å². The molecule has 0 saturated heterocycles. The van der Waals surface area contributed by atoms with Crippen molar-refractivity contribution >= 4 is 0 Å². The molecule has 2 unspecified atom stereocenters. The Morgan fingerprint density at radius 1 is 1.28 bits per heavy atom. The van der Waals surface area contributed by atoms with Crippen LogP contribution in [0.3, 0.4) is 0 Å². The Hall–Kier alpha value is -1.30. The summed E-state index contributed by atoms with van der Waals surface area (Å²) in [4.78, 5) is 0. The van der Waals surface area contributed by atoms with E-state index in [0.29, 0.717) is 5.92 Å². The molecule has 3 rings (SSSR count). The maximum Gasteiger partial charge on any atom is 0.0146 e. The zero-order valence-electron chi connectivity index (χ0n) is 11.4. The normalized spacial score (nSPS) is 28.8. The molecule has 94 valence electrons. The van der Waals surface area contributed by atoms with Gasteiger partial charge in [-0.05, 0) is 24.0 Å². The molecule has 0 aromatic heterocycles. The fraction of sp³-hybridized carbons (Fsp3) is 0.444. The van der Waals surface area contributed by atoms with Crippen molar-refractivity contribution < 1.29 is 0 Å². The molecule has 0 nitrogen and oxygen atoms in total. The molecule has 0 bridgehead atoms. The highest BCUT2D eigenvalue weighted by Gasteiger charge is 2.43. The molecule has 2 atom stereocenters. The first-order valence-electron chi connectivity index (χ1n) is 7.24. The molecule has 0 radical (unpaired) electrons. The topological polar surface area (TPSA) is 0 Å². The SMILES string of the molecule is CCCCC1(C)C2=CC=CCC2c2ccccc21. The first-order valence-corrected chi connectivity index (χ1v) is 7.24. The predicted octanol–water partition coefficient (Wildman–Crippen LogP) is 5.12. The Morgan fingerprint density at radius 2 is 2.11 bits per heavy atom. The molecule has 0 heteroatoms. The lowest BCUT2D eigenvalue weighted by Crippen LogP contribution is -2.22. The van der Waals surface area contributed by atoms with E-state index in [1.807, 2.05) is 0 Å². The van der Waals surface area contributed by atoms with Crippen LogP contribution < -0.4 is 0 Å². The van der Waals surface area contributed by atoms with Crippen LogP contribution in [0.1, 0.15) is 56.6 Å². The van der Waals surface area contributed by atoms with Gasteiger partial charge in [-0.15, -0.1) is 0 Å². The van der Waals surface area contributed by atoms with Crippen LogP contribution in [-0.4, -0.2) is 0 Å². The van der Waals surface area contributed by atoms with Gasteiger partial charge < -0.3 is 0 Å². The molecular weight excluding hydrogens is 216 g/mol. The average molecular weight is 238 g/mol. The van der Waals surface area contributed by atoms with E-state index in [1.165, 1.54) is 25.7 Å². The van der Waals surface area contributed by atoms with Gasteiger partial charge in [-0.3, -0.25) is 0 Å². The van der Waals surface area contributed by atoms with Crippen LogP contribution in [0.15, 0.2) is 48.1 Å². The number of hydrogen-bond acceptors (Lipinski definition) is 0. The third-order valence-electron chi connectivity index (χ3n) is 4.76. The molecule has 0 heterocycles. The van der Waals surface area contributed by atoms with Gasteiger partial charge in [0.15, 0.2) is 0 Å². The standard InChI is InChI=1S/C18H22/c1-3-4-13-18(2)16-11-7-5-9-14(16)15-10-6-8-12-17(15)18/h5-9,11-12,15H,3-4,10,13H2,1-2H3. The van der Waals surface area contributed by atoms with E-state index in [1.54, 1.807) is 16.7 Å². The first-order chi connectivity index (χ1) is 8.77. The number of rotatable bonds is 3. The second-order valence-electron chi connectivity index (χ2n) is 5.86. The lowest BCUT2D eigenvalue weighted by molar-refractivity contribution is 0.483. The van der Waals surface area contributed by atoms with E-state index in [4.69, 9.17) is 0 Å². The molecule has 0 amide bonds.